The standard InChI is InChI=1S/C17H24Cl2N2O6/c18-10-4-3-9(7-11(10)19)17-26-14(12(23)8-22)13(24)15(27-17)16(25)21-6-2-1-5-20/h3-4,7,12-15,17,22-24H,1-2,5-6,8,20H2,(H,21,25)/t12-,13+,14+,15+,17?/m0/s1. The second-order valence-corrected chi connectivity index (χ2v) is 7.00. The predicted octanol–water partition coefficient (Wildman–Crippen LogP) is 0.345. The summed E-state index contributed by atoms with van der Waals surface area (Å²) in [5, 5.41) is 32.9. The third-order valence-electron chi connectivity index (χ3n) is 4.17. The Labute approximate surface area is 167 Å². The summed E-state index contributed by atoms with van der Waals surface area (Å²) in [6.45, 7) is 0.227. The molecule has 0 bridgehead atoms. The molecule has 1 aliphatic rings. The number of aliphatic hydroxyl groups excluding tert-OH is 3. The molecule has 1 aromatic rings. The van der Waals surface area contributed by atoms with E-state index in [1.165, 1.54) is 12.1 Å². The Morgan fingerprint density at radius 3 is 2.63 bits per heavy atom. The molecule has 1 amide bonds. The number of ether oxygens (including phenoxy) is 2. The van der Waals surface area contributed by atoms with E-state index >= 15 is 0 Å². The van der Waals surface area contributed by atoms with Crippen molar-refractivity contribution in [3.8, 4) is 0 Å². The van der Waals surface area contributed by atoms with E-state index in [9.17, 15) is 20.1 Å². The molecule has 10 heteroatoms. The Morgan fingerprint density at radius 2 is 2.00 bits per heavy atom. The average molecular weight is 423 g/mol. The lowest BCUT2D eigenvalue weighted by molar-refractivity contribution is -0.299. The number of amides is 1. The van der Waals surface area contributed by atoms with E-state index < -0.39 is 43.2 Å². The molecule has 152 valence electrons. The van der Waals surface area contributed by atoms with E-state index in [0.29, 0.717) is 30.1 Å². The van der Waals surface area contributed by atoms with E-state index in [1.807, 2.05) is 0 Å². The van der Waals surface area contributed by atoms with Crippen LogP contribution in [0.4, 0.5) is 0 Å². The van der Waals surface area contributed by atoms with Gasteiger partial charge in [-0.2, -0.15) is 0 Å². The molecule has 0 aliphatic carbocycles. The SMILES string of the molecule is NCCCCNC(=O)[C@@H]1OC(c2ccc(Cl)c(Cl)c2)O[C@H]([C@@H](O)CO)[C@H]1O. The first kappa shape index (κ1) is 22.3. The molecular weight excluding hydrogens is 399 g/mol. The molecule has 1 aliphatic heterocycles. The maximum atomic E-state index is 12.5. The Morgan fingerprint density at radius 1 is 1.26 bits per heavy atom. The van der Waals surface area contributed by atoms with E-state index in [0.717, 1.165) is 6.42 Å². The van der Waals surface area contributed by atoms with Gasteiger partial charge in [0.05, 0.1) is 16.7 Å². The zero-order valence-corrected chi connectivity index (χ0v) is 16.1. The number of nitrogens with one attached hydrogen (secondary N) is 1. The van der Waals surface area contributed by atoms with Crippen molar-refractivity contribution in [2.24, 2.45) is 5.73 Å². The minimum atomic E-state index is -1.47. The third kappa shape index (κ3) is 5.75. The topological polar surface area (TPSA) is 134 Å². The fourth-order valence-corrected chi connectivity index (χ4v) is 2.98. The van der Waals surface area contributed by atoms with Crippen molar-refractivity contribution >= 4 is 29.1 Å². The molecule has 8 nitrogen and oxygen atoms in total. The third-order valence-corrected chi connectivity index (χ3v) is 4.91. The summed E-state index contributed by atoms with van der Waals surface area (Å²) in [6, 6.07) is 4.64. The van der Waals surface area contributed by atoms with Crippen molar-refractivity contribution in [2.75, 3.05) is 19.7 Å². The molecule has 27 heavy (non-hydrogen) atoms. The van der Waals surface area contributed by atoms with Gasteiger partial charge in [0, 0.05) is 12.1 Å². The van der Waals surface area contributed by atoms with Gasteiger partial charge in [-0.3, -0.25) is 4.79 Å². The van der Waals surface area contributed by atoms with E-state index in [4.69, 9.17) is 38.4 Å². The van der Waals surface area contributed by atoms with E-state index in [2.05, 4.69) is 5.32 Å². The van der Waals surface area contributed by atoms with Crippen LogP contribution >= 0.6 is 23.2 Å². The molecule has 1 heterocycles. The fraction of sp³-hybridized carbons (Fsp3) is 0.588. The normalized spacial score (nSPS) is 26.6. The van der Waals surface area contributed by atoms with Crippen LogP contribution in [0, 0.1) is 0 Å². The highest BCUT2D eigenvalue weighted by Crippen LogP contribution is 2.34. The minimum absolute atomic E-state index is 0.259. The summed E-state index contributed by atoms with van der Waals surface area (Å²) in [7, 11) is 0. The van der Waals surface area contributed by atoms with Crippen LogP contribution in [0.15, 0.2) is 18.2 Å². The van der Waals surface area contributed by atoms with Crippen molar-refractivity contribution in [3.05, 3.63) is 33.8 Å². The Hall–Kier alpha value is -0.970. The Balaban J connectivity index is 2.18. The van der Waals surface area contributed by atoms with Crippen molar-refractivity contribution in [1.82, 2.24) is 5.32 Å². The van der Waals surface area contributed by atoms with Gasteiger partial charge in [-0.15, -0.1) is 0 Å². The Bertz CT molecular complexity index is 635. The monoisotopic (exact) mass is 422 g/mol. The quantitative estimate of drug-likeness (QED) is 0.381. The molecule has 2 rings (SSSR count). The van der Waals surface area contributed by atoms with Gasteiger partial charge in [0.25, 0.3) is 5.91 Å². The van der Waals surface area contributed by atoms with Crippen LogP contribution in [-0.2, 0) is 14.3 Å². The van der Waals surface area contributed by atoms with Gasteiger partial charge >= 0.3 is 0 Å². The number of aliphatic hydroxyl groups is 3. The summed E-state index contributed by atoms with van der Waals surface area (Å²) in [5.41, 5.74) is 5.87. The number of carbonyl (C=O) groups is 1. The molecule has 1 fully saturated rings. The molecule has 0 radical (unpaired) electrons. The molecule has 0 spiro atoms. The van der Waals surface area contributed by atoms with Crippen molar-refractivity contribution in [1.29, 1.82) is 0 Å². The summed E-state index contributed by atoms with van der Waals surface area (Å²) < 4.78 is 11.2. The van der Waals surface area contributed by atoms with Crippen molar-refractivity contribution < 1.29 is 29.6 Å². The van der Waals surface area contributed by atoms with Gasteiger partial charge in [0.1, 0.15) is 18.3 Å². The zero-order valence-electron chi connectivity index (χ0n) is 14.6. The number of carbonyl (C=O) groups excluding carboxylic acids is 1. The van der Waals surface area contributed by atoms with Crippen molar-refractivity contribution in [3.63, 3.8) is 0 Å². The molecule has 1 unspecified atom stereocenters. The van der Waals surface area contributed by atoms with Crippen molar-refractivity contribution in [2.45, 2.75) is 43.5 Å². The minimum Gasteiger partial charge on any atom is -0.394 e. The molecule has 1 aromatic carbocycles. The molecule has 0 saturated carbocycles. The molecular formula is C17H24Cl2N2O6. The van der Waals surface area contributed by atoms with E-state index in [1.54, 1.807) is 6.07 Å². The fourth-order valence-electron chi connectivity index (χ4n) is 2.68. The van der Waals surface area contributed by atoms with Crippen LogP contribution in [0.25, 0.3) is 0 Å². The lowest BCUT2D eigenvalue weighted by Gasteiger charge is -2.40. The number of nitrogens with two attached hydrogens (primary N) is 1. The van der Waals surface area contributed by atoms with Gasteiger partial charge in [-0.1, -0.05) is 29.3 Å². The average Bonchev–Trinajstić information content (AvgIpc) is 2.66. The number of unbranched alkanes of at least 4 members (excludes halogenated alkanes) is 1. The van der Waals surface area contributed by atoms with Gasteiger partial charge in [0.15, 0.2) is 12.4 Å². The number of hydrogen-bond acceptors (Lipinski definition) is 7. The van der Waals surface area contributed by atoms with Gasteiger partial charge < -0.3 is 35.8 Å². The maximum absolute atomic E-state index is 12.5. The van der Waals surface area contributed by atoms with Crippen LogP contribution < -0.4 is 11.1 Å². The molecule has 5 atom stereocenters. The van der Waals surface area contributed by atoms with Crippen LogP contribution in [0.1, 0.15) is 24.7 Å². The van der Waals surface area contributed by atoms with Crippen LogP contribution in [0.5, 0.6) is 0 Å². The molecule has 1 saturated heterocycles. The van der Waals surface area contributed by atoms with Crippen LogP contribution in [0.2, 0.25) is 10.0 Å². The van der Waals surface area contributed by atoms with Crippen LogP contribution in [0.3, 0.4) is 0 Å². The largest absolute Gasteiger partial charge is 0.394 e. The van der Waals surface area contributed by atoms with Gasteiger partial charge in [-0.05, 0) is 31.5 Å². The highest BCUT2D eigenvalue weighted by atomic mass is 35.5. The number of hydrogen-bond donors (Lipinski definition) is 5. The first-order chi connectivity index (χ1) is 12.9. The highest BCUT2D eigenvalue weighted by molar-refractivity contribution is 6.42. The maximum Gasteiger partial charge on any atom is 0.252 e. The zero-order chi connectivity index (χ0) is 20.0. The van der Waals surface area contributed by atoms with Crippen LogP contribution in [-0.4, -0.2) is 65.3 Å². The first-order valence-electron chi connectivity index (χ1n) is 8.59. The number of halogens is 2. The first-order valence-corrected chi connectivity index (χ1v) is 9.35. The lowest BCUT2D eigenvalue weighted by atomic mass is 10.00. The van der Waals surface area contributed by atoms with E-state index in [-0.39, 0.29) is 5.02 Å². The molecule has 0 aromatic heterocycles. The predicted molar refractivity (Wildman–Crippen MR) is 99.3 cm³/mol. The highest BCUT2D eigenvalue weighted by Gasteiger charge is 2.45. The summed E-state index contributed by atoms with van der Waals surface area (Å²) in [4.78, 5) is 12.5. The second kappa shape index (κ2) is 10.5. The number of rotatable bonds is 8. The second-order valence-electron chi connectivity index (χ2n) is 6.19. The number of benzene rings is 1. The summed E-state index contributed by atoms with van der Waals surface area (Å²) in [5.74, 6) is -0.553. The lowest BCUT2D eigenvalue weighted by Crippen LogP contribution is -2.58. The molecule has 6 N–H and O–H groups in total. The van der Waals surface area contributed by atoms with Gasteiger partial charge in [0.2, 0.25) is 0 Å². The summed E-state index contributed by atoms with van der Waals surface area (Å²) in [6.07, 6.45) is -5.07. The summed E-state index contributed by atoms with van der Waals surface area (Å²) >= 11 is 11.9. The Kier molecular flexibility index (Phi) is 8.71. The van der Waals surface area contributed by atoms with Gasteiger partial charge in [-0.25, -0.2) is 0 Å². The smallest absolute Gasteiger partial charge is 0.252 e.